The minimum atomic E-state index is 0.731. The minimum absolute atomic E-state index is 0.731. The van der Waals surface area contributed by atoms with Crippen molar-refractivity contribution in [3.63, 3.8) is 0 Å². The van der Waals surface area contributed by atoms with Crippen LogP contribution in [0.25, 0.3) is 0 Å². The summed E-state index contributed by atoms with van der Waals surface area (Å²) in [5.74, 6) is 0.905. The predicted octanol–water partition coefficient (Wildman–Crippen LogP) is 1.65. The van der Waals surface area contributed by atoms with Crippen LogP contribution in [0.4, 0.5) is 0 Å². The Morgan fingerprint density at radius 1 is 1.29 bits per heavy atom. The summed E-state index contributed by atoms with van der Waals surface area (Å²) in [6.45, 7) is 12.9. The van der Waals surface area contributed by atoms with Crippen molar-refractivity contribution < 1.29 is 0 Å². The van der Waals surface area contributed by atoms with Gasteiger partial charge in [-0.3, -0.25) is 4.90 Å². The summed E-state index contributed by atoms with van der Waals surface area (Å²) in [6, 6.07) is 0. The van der Waals surface area contributed by atoms with E-state index in [1.807, 2.05) is 16.8 Å². The maximum Gasteiger partial charge on any atom is 0.165 e. The third-order valence-electron chi connectivity index (χ3n) is 2.47. The highest BCUT2D eigenvalue weighted by molar-refractivity contribution is 4.86. The van der Waals surface area contributed by atoms with E-state index < -0.39 is 0 Å². The van der Waals surface area contributed by atoms with Gasteiger partial charge in [-0.15, -0.1) is 18.3 Å². The van der Waals surface area contributed by atoms with E-state index in [0.29, 0.717) is 0 Å². The van der Waals surface area contributed by atoms with E-state index in [0.717, 1.165) is 44.8 Å². The van der Waals surface area contributed by atoms with Crippen LogP contribution >= 0.6 is 0 Å². The van der Waals surface area contributed by atoms with Crippen molar-refractivity contribution in [1.82, 2.24) is 25.1 Å². The van der Waals surface area contributed by atoms with E-state index in [1.165, 1.54) is 0 Å². The number of rotatable bonds is 9. The van der Waals surface area contributed by atoms with Gasteiger partial charge in [-0.2, -0.15) is 0 Å². The molecule has 0 aliphatic heterocycles. The second kappa shape index (κ2) is 7.73. The number of tetrazole rings is 1. The highest BCUT2D eigenvalue weighted by atomic mass is 15.5. The van der Waals surface area contributed by atoms with Gasteiger partial charge >= 0.3 is 0 Å². The first-order valence-electron chi connectivity index (χ1n) is 6.01. The van der Waals surface area contributed by atoms with E-state index in [1.54, 1.807) is 0 Å². The molecule has 0 N–H and O–H groups in total. The third kappa shape index (κ3) is 4.48. The Balaban J connectivity index is 2.60. The van der Waals surface area contributed by atoms with Gasteiger partial charge in [0.05, 0.1) is 6.54 Å². The normalized spacial score (nSPS) is 10.7. The van der Waals surface area contributed by atoms with Gasteiger partial charge in [-0.1, -0.05) is 25.5 Å². The molecule has 1 rings (SSSR count). The number of nitrogens with zero attached hydrogens (tertiary/aromatic N) is 5. The fourth-order valence-electron chi connectivity index (χ4n) is 1.59. The first-order chi connectivity index (χ1) is 8.31. The van der Waals surface area contributed by atoms with Gasteiger partial charge in [0, 0.05) is 19.6 Å². The highest BCUT2D eigenvalue weighted by Crippen LogP contribution is 2.02. The Morgan fingerprint density at radius 2 is 2.00 bits per heavy atom. The Morgan fingerprint density at radius 3 is 2.59 bits per heavy atom. The summed E-state index contributed by atoms with van der Waals surface area (Å²) >= 11 is 0. The minimum Gasteiger partial charge on any atom is -0.289 e. The molecule has 17 heavy (non-hydrogen) atoms. The van der Waals surface area contributed by atoms with Crippen LogP contribution in [0.5, 0.6) is 0 Å². The van der Waals surface area contributed by atoms with E-state index in [9.17, 15) is 0 Å². The lowest BCUT2D eigenvalue weighted by molar-refractivity contribution is 0.309. The molecular formula is C12H21N5. The average Bonchev–Trinajstić information content (AvgIpc) is 2.74. The van der Waals surface area contributed by atoms with Crippen molar-refractivity contribution >= 4 is 0 Å². The quantitative estimate of drug-likeness (QED) is 0.611. The lowest BCUT2D eigenvalue weighted by atomic mass is 10.3. The second-order valence-electron chi connectivity index (χ2n) is 3.94. The maximum absolute atomic E-state index is 4.06. The molecule has 1 aromatic heterocycles. The molecule has 0 bridgehead atoms. The van der Waals surface area contributed by atoms with Gasteiger partial charge in [0.1, 0.15) is 0 Å². The van der Waals surface area contributed by atoms with Gasteiger partial charge in [0.15, 0.2) is 5.82 Å². The van der Waals surface area contributed by atoms with Crippen molar-refractivity contribution in [3.8, 4) is 0 Å². The molecule has 0 radical (unpaired) electrons. The number of aryl methyl sites for hydroxylation is 1. The molecule has 1 heterocycles. The summed E-state index contributed by atoms with van der Waals surface area (Å²) in [6.07, 6.45) is 6.00. The number of hydrogen-bond acceptors (Lipinski definition) is 4. The molecule has 5 nitrogen and oxygen atoms in total. The molecule has 0 fully saturated rings. The average molecular weight is 235 g/mol. The largest absolute Gasteiger partial charge is 0.289 e. The van der Waals surface area contributed by atoms with Crippen molar-refractivity contribution in [3.05, 3.63) is 31.1 Å². The Labute approximate surface area is 103 Å². The molecule has 0 aromatic carbocycles. The highest BCUT2D eigenvalue weighted by Gasteiger charge is 2.09. The standard InChI is InChI=1S/C12H21N5/c1-4-7-10-17-12(13-14-15-17)11-16(8-5-2)9-6-3/h5-6H,2-4,7-11H2,1H3. The Hall–Kier alpha value is -1.49. The van der Waals surface area contributed by atoms with Gasteiger partial charge in [-0.05, 0) is 16.8 Å². The molecular weight excluding hydrogens is 214 g/mol. The Bertz CT molecular complexity index is 334. The van der Waals surface area contributed by atoms with Crippen LogP contribution in [0.3, 0.4) is 0 Å². The zero-order valence-corrected chi connectivity index (χ0v) is 10.5. The van der Waals surface area contributed by atoms with Gasteiger partial charge in [0.25, 0.3) is 0 Å². The van der Waals surface area contributed by atoms with Crippen LogP contribution in [0.1, 0.15) is 25.6 Å². The Kier molecular flexibility index (Phi) is 6.17. The smallest absolute Gasteiger partial charge is 0.165 e. The van der Waals surface area contributed by atoms with E-state index in [2.05, 4.69) is 40.5 Å². The number of aromatic nitrogens is 4. The molecule has 1 aromatic rings. The van der Waals surface area contributed by atoms with Crippen molar-refractivity contribution in [2.45, 2.75) is 32.9 Å². The van der Waals surface area contributed by atoms with Crippen LogP contribution in [-0.2, 0) is 13.1 Å². The molecule has 0 aliphatic rings. The SMILES string of the molecule is C=CCN(CC=C)Cc1nnnn1CCCC. The first kappa shape index (κ1) is 13.6. The van der Waals surface area contributed by atoms with E-state index >= 15 is 0 Å². The van der Waals surface area contributed by atoms with Crippen molar-refractivity contribution in [1.29, 1.82) is 0 Å². The summed E-state index contributed by atoms with van der Waals surface area (Å²) in [7, 11) is 0. The molecule has 5 heteroatoms. The molecule has 0 spiro atoms. The summed E-state index contributed by atoms with van der Waals surface area (Å²) < 4.78 is 1.88. The molecule has 0 unspecified atom stereocenters. The molecule has 0 amide bonds. The number of hydrogen-bond donors (Lipinski definition) is 0. The fraction of sp³-hybridized carbons (Fsp3) is 0.583. The monoisotopic (exact) mass is 235 g/mol. The summed E-state index contributed by atoms with van der Waals surface area (Å²) in [5.41, 5.74) is 0. The third-order valence-corrected chi connectivity index (χ3v) is 2.47. The zero-order valence-electron chi connectivity index (χ0n) is 10.5. The molecule has 0 saturated carbocycles. The number of unbranched alkanes of at least 4 members (excludes halogenated alkanes) is 1. The molecule has 0 atom stereocenters. The van der Waals surface area contributed by atoms with E-state index in [-0.39, 0.29) is 0 Å². The molecule has 0 aliphatic carbocycles. The summed E-state index contributed by atoms with van der Waals surface area (Å²) in [4.78, 5) is 2.19. The lowest BCUT2D eigenvalue weighted by Gasteiger charge is -2.17. The van der Waals surface area contributed by atoms with Crippen LogP contribution in [0, 0.1) is 0 Å². The second-order valence-corrected chi connectivity index (χ2v) is 3.94. The van der Waals surface area contributed by atoms with E-state index in [4.69, 9.17) is 0 Å². The van der Waals surface area contributed by atoms with Crippen LogP contribution in [-0.4, -0.2) is 38.2 Å². The topological polar surface area (TPSA) is 46.8 Å². The zero-order chi connectivity index (χ0) is 12.5. The van der Waals surface area contributed by atoms with Gasteiger partial charge in [-0.25, -0.2) is 4.68 Å². The van der Waals surface area contributed by atoms with Crippen LogP contribution in [0.15, 0.2) is 25.3 Å². The molecule has 94 valence electrons. The summed E-state index contributed by atoms with van der Waals surface area (Å²) in [5, 5.41) is 11.8. The first-order valence-corrected chi connectivity index (χ1v) is 6.01. The van der Waals surface area contributed by atoms with Crippen LogP contribution in [0.2, 0.25) is 0 Å². The van der Waals surface area contributed by atoms with Crippen molar-refractivity contribution in [2.75, 3.05) is 13.1 Å². The van der Waals surface area contributed by atoms with Crippen LogP contribution < -0.4 is 0 Å². The van der Waals surface area contributed by atoms with Gasteiger partial charge < -0.3 is 0 Å². The maximum atomic E-state index is 4.06. The predicted molar refractivity (Wildman–Crippen MR) is 68.4 cm³/mol. The van der Waals surface area contributed by atoms with Gasteiger partial charge in [0.2, 0.25) is 0 Å². The lowest BCUT2D eigenvalue weighted by Crippen LogP contribution is -2.25. The van der Waals surface area contributed by atoms with Crippen molar-refractivity contribution in [2.24, 2.45) is 0 Å². The fourth-order valence-corrected chi connectivity index (χ4v) is 1.59. The molecule has 0 saturated heterocycles.